The highest BCUT2D eigenvalue weighted by Gasteiger charge is 2.18. The van der Waals surface area contributed by atoms with Crippen molar-refractivity contribution in [1.29, 1.82) is 5.26 Å². The molecule has 2 aliphatic rings. The number of nitriles is 1. The van der Waals surface area contributed by atoms with Crippen LogP contribution in [0.1, 0.15) is 38.5 Å². The van der Waals surface area contributed by atoms with Crippen molar-refractivity contribution < 1.29 is 0 Å². The van der Waals surface area contributed by atoms with Crippen molar-refractivity contribution in [2.75, 3.05) is 39.3 Å². The third kappa shape index (κ3) is 4.29. The molecule has 0 aromatic carbocycles. The highest BCUT2D eigenvalue weighted by atomic mass is 15.3. The summed E-state index contributed by atoms with van der Waals surface area (Å²) in [7, 11) is 0. The molecule has 0 atom stereocenters. The van der Waals surface area contributed by atoms with Crippen molar-refractivity contribution in [2.24, 2.45) is 5.92 Å². The van der Waals surface area contributed by atoms with Gasteiger partial charge in [0, 0.05) is 26.2 Å². The Kier molecular flexibility index (Phi) is 5.28. The van der Waals surface area contributed by atoms with Crippen LogP contribution in [0.15, 0.2) is 0 Å². The lowest BCUT2D eigenvalue weighted by atomic mass is 9.87. The standard InChI is InChI=1S/C14H25N3/c15-7-9-17-12-10-16(11-13-17)8-6-14-4-2-1-3-5-14/h14H,1-6,8-13H2. The minimum absolute atomic E-state index is 0.608. The van der Waals surface area contributed by atoms with Gasteiger partial charge in [0.05, 0.1) is 12.6 Å². The van der Waals surface area contributed by atoms with Crippen molar-refractivity contribution in [3.63, 3.8) is 0 Å². The van der Waals surface area contributed by atoms with E-state index in [0.29, 0.717) is 6.54 Å². The third-order valence-corrected chi connectivity index (χ3v) is 4.34. The predicted octanol–water partition coefficient (Wildman–Crippen LogP) is 2.10. The van der Waals surface area contributed by atoms with Gasteiger partial charge in [-0.15, -0.1) is 0 Å². The third-order valence-electron chi connectivity index (χ3n) is 4.34. The molecule has 2 rings (SSSR count). The molecule has 96 valence electrons. The average Bonchev–Trinajstić information content (AvgIpc) is 2.40. The number of hydrogen-bond acceptors (Lipinski definition) is 3. The van der Waals surface area contributed by atoms with Gasteiger partial charge >= 0.3 is 0 Å². The van der Waals surface area contributed by atoms with Gasteiger partial charge < -0.3 is 4.90 Å². The van der Waals surface area contributed by atoms with E-state index < -0.39 is 0 Å². The summed E-state index contributed by atoms with van der Waals surface area (Å²) in [5.74, 6) is 1.00. The van der Waals surface area contributed by atoms with Crippen LogP contribution in [-0.4, -0.2) is 49.1 Å². The van der Waals surface area contributed by atoms with Gasteiger partial charge in [-0.3, -0.25) is 4.90 Å². The van der Waals surface area contributed by atoms with Crippen molar-refractivity contribution >= 4 is 0 Å². The van der Waals surface area contributed by atoms with Crippen LogP contribution in [0.25, 0.3) is 0 Å². The van der Waals surface area contributed by atoms with E-state index in [4.69, 9.17) is 5.26 Å². The summed E-state index contributed by atoms with van der Waals surface area (Å²) in [6, 6.07) is 2.24. The van der Waals surface area contributed by atoms with E-state index in [1.165, 1.54) is 45.1 Å². The van der Waals surface area contributed by atoms with E-state index in [1.807, 2.05) is 0 Å². The van der Waals surface area contributed by atoms with Gasteiger partial charge in [0.25, 0.3) is 0 Å². The van der Waals surface area contributed by atoms with E-state index in [9.17, 15) is 0 Å². The summed E-state index contributed by atoms with van der Waals surface area (Å²) in [6.07, 6.45) is 8.71. The predicted molar refractivity (Wildman–Crippen MR) is 69.7 cm³/mol. The van der Waals surface area contributed by atoms with Gasteiger partial charge in [-0.25, -0.2) is 0 Å². The van der Waals surface area contributed by atoms with Crippen LogP contribution in [-0.2, 0) is 0 Å². The van der Waals surface area contributed by atoms with Crippen LogP contribution in [0.2, 0.25) is 0 Å². The maximum absolute atomic E-state index is 8.65. The fourth-order valence-electron chi connectivity index (χ4n) is 3.11. The van der Waals surface area contributed by atoms with Crippen molar-refractivity contribution in [2.45, 2.75) is 38.5 Å². The second-order valence-electron chi connectivity index (χ2n) is 5.57. The molecule has 0 bridgehead atoms. The van der Waals surface area contributed by atoms with E-state index in [1.54, 1.807) is 0 Å². The maximum atomic E-state index is 8.65. The van der Waals surface area contributed by atoms with Crippen LogP contribution >= 0.6 is 0 Å². The van der Waals surface area contributed by atoms with Crippen molar-refractivity contribution in [3.8, 4) is 6.07 Å². The molecule has 3 heteroatoms. The van der Waals surface area contributed by atoms with Crippen LogP contribution in [0.3, 0.4) is 0 Å². The fraction of sp³-hybridized carbons (Fsp3) is 0.929. The molecule has 1 saturated carbocycles. The second-order valence-corrected chi connectivity index (χ2v) is 5.57. The van der Waals surface area contributed by atoms with Crippen LogP contribution in [0.5, 0.6) is 0 Å². The van der Waals surface area contributed by atoms with Crippen molar-refractivity contribution in [1.82, 2.24) is 9.80 Å². The molecular weight excluding hydrogens is 210 g/mol. The zero-order valence-corrected chi connectivity index (χ0v) is 10.9. The number of hydrogen-bond donors (Lipinski definition) is 0. The molecule has 1 aliphatic heterocycles. The molecule has 1 saturated heterocycles. The topological polar surface area (TPSA) is 30.3 Å². The van der Waals surface area contributed by atoms with Crippen molar-refractivity contribution in [3.05, 3.63) is 0 Å². The number of nitrogens with zero attached hydrogens (tertiary/aromatic N) is 3. The Morgan fingerprint density at radius 1 is 0.941 bits per heavy atom. The normalized spacial score (nSPS) is 24.6. The van der Waals surface area contributed by atoms with Gasteiger partial charge in [-0.05, 0) is 18.9 Å². The Morgan fingerprint density at radius 3 is 2.24 bits per heavy atom. The summed E-state index contributed by atoms with van der Waals surface area (Å²) >= 11 is 0. The Labute approximate surface area is 105 Å². The van der Waals surface area contributed by atoms with E-state index in [2.05, 4.69) is 15.9 Å². The Morgan fingerprint density at radius 2 is 1.59 bits per heavy atom. The van der Waals surface area contributed by atoms with Crippen LogP contribution < -0.4 is 0 Å². The first kappa shape index (κ1) is 12.9. The first-order valence-electron chi connectivity index (χ1n) is 7.20. The monoisotopic (exact) mass is 235 g/mol. The first-order valence-corrected chi connectivity index (χ1v) is 7.20. The minimum atomic E-state index is 0.608. The molecule has 17 heavy (non-hydrogen) atoms. The molecule has 1 aliphatic carbocycles. The van der Waals surface area contributed by atoms with Crippen LogP contribution in [0, 0.1) is 17.2 Å². The summed E-state index contributed by atoms with van der Waals surface area (Å²) in [4.78, 5) is 4.85. The highest BCUT2D eigenvalue weighted by Crippen LogP contribution is 2.26. The Balaban J connectivity index is 1.59. The van der Waals surface area contributed by atoms with Gasteiger partial charge in [-0.1, -0.05) is 32.1 Å². The summed E-state index contributed by atoms with van der Waals surface area (Å²) < 4.78 is 0. The van der Waals surface area contributed by atoms with Gasteiger partial charge in [0.2, 0.25) is 0 Å². The Hall–Kier alpha value is -0.590. The molecule has 0 N–H and O–H groups in total. The molecule has 3 nitrogen and oxygen atoms in total. The average molecular weight is 235 g/mol. The maximum Gasteiger partial charge on any atom is 0.0866 e. The molecule has 0 aromatic heterocycles. The van der Waals surface area contributed by atoms with E-state index in [0.717, 1.165) is 32.1 Å². The Bertz CT molecular complexity index is 245. The largest absolute Gasteiger partial charge is 0.301 e. The quantitative estimate of drug-likeness (QED) is 0.699. The minimum Gasteiger partial charge on any atom is -0.301 e. The zero-order valence-electron chi connectivity index (χ0n) is 10.9. The highest BCUT2D eigenvalue weighted by molar-refractivity contribution is 4.81. The molecule has 1 heterocycles. The van der Waals surface area contributed by atoms with E-state index >= 15 is 0 Å². The lowest BCUT2D eigenvalue weighted by molar-refractivity contribution is 0.133. The lowest BCUT2D eigenvalue weighted by Crippen LogP contribution is -2.46. The zero-order chi connectivity index (χ0) is 11.9. The lowest BCUT2D eigenvalue weighted by Gasteiger charge is -2.34. The SMILES string of the molecule is N#CCN1CCN(CCC2CCCCC2)CC1. The molecule has 2 fully saturated rings. The summed E-state index contributed by atoms with van der Waals surface area (Å²) in [5, 5.41) is 8.65. The van der Waals surface area contributed by atoms with Crippen LogP contribution in [0.4, 0.5) is 0 Å². The van der Waals surface area contributed by atoms with Gasteiger partial charge in [-0.2, -0.15) is 5.26 Å². The fourth-order valence-corrected chi connectivity index (χ4v) is 3.11. The van der Waals surface area contributed by atoms with E-state index in [-0.39, 0.29) is 0 Å². The molecule has 0 amide bonds. The first-order chi connectivity index (χ1) is 8.38. The van der Waals surface area contributed by atoms with Gasteiger partial charge in [0.15, 0.2) is 0 Å². The summed E-state index contributed by atoms with van der Waals surface area (Å²) in [5.41, 5.74) is 0. The molecule has 0 aromatic rings. The molecular formula is C14H25N3. The molecule has 0 unspecified atom stereocenters. The molecule has 0 spiro atoms. The second kappa shape index (κ2) is 6.98. The summed E-state index contributed by atoms with van der Waals surface area (Å²) in [6.45, 7) is 6.38. The number of piperazine rings is 1. The molecule has 0 radical (unpaired) electrons. The van der Waals surface area contributed by atoms with Gasteiger partial charge in [0.1, 0.15) is 0 Å². The smallest absolute Gasteiger partial charge is 0.0866 e. The number of rotatable bonds is 4.